The Morgan fingerprint density at radius 3 is 2.22 bits per heavy atom. The van der Waals surface area contributed by atoms with Crippen LogP contribution in [0.3, 0.4) is 0 Å². The van der Waals surface area contributed by atoms with Crippen LogP contribution < -0.4 is 0 Å². The Morgan fingerprint density at radius 2 is 1.72 bits per heavy atom. The van der Waals surface area contributed by atoms with Crippen LogP contribution in [-0.2, 0) is 14.6 Å². The van der Waals surface area contributed by atoms with E-state index in [0.717, 1.165) is 0 Å². The highest BCUT2D eigenvalue weighted by atomic mass is 35.5. The maximum atomic E-state index is 12.0. The lowest BCUT2D eigenvalue weighted by Crippen LogP contribution is -2.09. The number of halogens is 2. The zero-order chi connectivity index (χ0) is 13.8. The smallest absolute Gasteiger partial charge is 0.303 e. The normalized spacial score (nSPS) is 11.4. The monoisotopic (exact) mass is 310 g/mol. The van der Waals surface area contributed by atoms with Crippen LogP contribution >= 0.6 is 23.2 Å². The number of hydrogen-bond donors (Lipinski definition) is 1. The van der Waals surface area contributed by atoms with Gasteiger partial charge in [-0.15, -0.1) is 0 Å². The van der Waals surface area contributed by atoms with Crippen molar-refractivity contribution in [2.24, 2.45) is 0 Å². The number of benzene rings is 1. The third kappa shape index (κ3) is 4.15. The van der Waals surface area contributed by atoms with Crippen molar-refractivity contribution < 1.29 is 18.3 Å². The Bertz CT molecular complexity index is 520. The number of carboxylic acids is 1. The highest BCUT2D eigenvalue weighted by Gasteiger charge is 2.21. The van der Waals surface area contributed by atoms with E-state index in [-0.39, 0.29) is 33.5 Å². The number of sulfone groups is 1. The van der Waals surface area contributed by atoms with Gasteiger partial charge in [-0.25, -0.2) is 8.42 Å². The molecule has 1 N–H and O–H groups in total. The number of carboxylic acid groups (broad SMARTS) is 1. The van der Waals surface area contributed by atoms with Crippen LogP contribution in [0, 0.1) is 0 Å². The van der Waals surface area contributed by atoms with E-state index in [0.29, 0.717) is 6.42 Å². The summed E-state index contributed by atoms with van der Waals surface area (Å²) in [7, 11) is -3.58. The molecule has 100 valence electrons. The molecule has 0 radical (unpaired) electrons. The molecular formula is C11H12Cl2O4S. The summed E-state index contributed by atoms with van der Waals surface area (Å²) in [5, 5.41) is 8.62. The van der Waals surface area contributed by atoms with Crippen LogP contribution in [0.15, 0.2) is 23.1 Å². The largest absolute Gasteiger partial charge is 0.481 e. The summed E-state index contributed by atoms with van der Waals surface area (Å²) < 4.78 is 24.0. The van der Waals surface area contributed by atoms with Gasteiger partial charge in [0.2, 0.25) is 0 Å². The molecule has 0 heterocycles. The van der Waals surface area contributed by atoms with E-state index in [4.69, 9.17) is 28.3 Å². The Kier molecular flexibility index (Phi) is 5.44. The standard InChI is InChI=1S/C11H12Cl2O4S/c12-8-4-3-5-9(13)11(8)18(16,17)7-2-1-6-10(14)15/h3-5H,1-2,6-7H2,(H,14,15). The van der Waals surface area contributed by atoms with Gasteiger partial charge in [0.1, 0.15) is 4.90 Å². The molecule has 4 nitrogen and oxygen atoms in total. The number of unbranched alkanes of at least 4 members (excludes halogenated alkanes) is 1. The number of hydrogen-bond acceptors (Lipinski definition) is 3. The third-order valence-electron chi connectivity index (χ3n) is 2.28. The van der Waals surface area contributed by atoms with Gasteiger partial charge in [-0.2, -0.15) is 0 Å². The predicted octanol–water partition coefficient (Wildman–Crippen LogP) is 3.02. The second-order valence-corrected chi connectivity index (χ2v) is 6.58. The van der Waals surface area contributed by atoms with Crippen molar-refractivity contribution in [3.63, 3.8) is 0 Å². The summed E-state index contributed by atoms with van der Waals surface area (Å²) in [5.74, 6) is -1.10. The Hall–Kier alpha value is -0.780. The fraction of sp³-hybridized carbons (Fsp3) is 0.364. The van der Waals surface area contributed by atoms with Gasteiger partial charge >= 0.3 is 5.97 Å². The molecule has 0 fully saturated rings. The van der Waals surface area contributed by atoms with Gasteiger partial charge in [-0.05, 0) is 25.0 Å². The quantitative estimate of drug-likeness (QED) is 0.820. The number of rotatable bonds is 6. The maximum Gasteiger partial charge on any atom is 0.303 e. The summed E-state index contributed by atoms with van der Waals surface area (Å²) in [5.41, 5.74) is 0. The molecule has 0 spiro atoms. The first-order chi connectivity index (χ1) is 8.34. The second-order valence-electron chi connectivity index (χ2n) is 3.72. The van der Waals surface area contributed by atoms with Crippen LogP contribution in [0.1, 0.15) is 19.3 Å². The molecule has 0 amide bonds. The zero-order valence-electron chi connectivity index (χ0n) is 9.40. The Morgan fingerprint density at radius 1 is 1.17 bits per heavy atom. The fourth-order valence-electron chi connectivity index (χ4n) is 1.45. The molecule has 18 heavy (non-hydrogen) atoms. The van der Waals surface area contributed by atoms with Crippen LogP contribution in [0.2, 0.25) is 10.0 Å². The van der Waals surface area contributed by atoms with Gasteiger partial charge in [0, 0.05) is 6.42 Å². The van der Waals surface area contributed by atoms with E-state index in [9.17, 15) is 13.2 Å². The molecule has 0 aromatic heterocycles. The third-order valence-corrected chi connectivity index (χ3v) is 5.03. The Balaban J connectivity index is 2.78. The van der Waals surface area contributed by atoms with E-state index >= 15 is 0 Å². The van der Waals surface area contributed by atoms with E-state index in [1.54, 1.807) is 6.07 Å². The van der Waals surface area contributed by atoms with Gasteiger partial charge in [-0.1, -0.05) is 29.3 Å². The van der Waals surface area contributed by atoms with Crippen molar-refractivity contribution in [1.82, 2.24) is 0 Å². The van der Waals surface area contributed by atoms with Gasteiger partial charge in [0.05, 0.1) is 15.8 Å². The molecule has 0 aliphatic heterocycles. The first kappa shape index (κ1) is 15.3. The minimum Gasteiger partial charge on any atom is -0.481 e. The molecule has 0 saturated heterocycles. The molecule has 0 aliphatic carbocycles. The van der Waals surface area contributed by atoms with Crippen LogP contribution in [0.5, 0.6) is 0 Å². The lowest BCUT2D eigenvalue weighted by Gasteiger charge is -2.07. The lowest BCUT2D eigenvalue weighted by atomic mass is 10.2. The summed E-state index contributed by atoms with van der Waals surface area (Å²) in [4.78, 5) is 10.2. The molecule has 0 saturated carbocycles. The van der Waals surface area contributed by atoms with E-state index in [1.807, 2.05) is 0 Å². The first-order valence-electron chi connectivity index (χ1n) is 5.23. The minimum atomic E-state index is -3.58. The molecule has 0 aliphatic rings. The average molecular weight is 311 g/mol. The van der Waals surface area contributed by atoms with Crippen molar-refractivity contribution in [3.8, 4) is 0 Å². The van der Waals surface area contributed by atoms with Crippen molar-refractivity contribution in [3.05, 3.63) is 28.2 Å². The average Bonchev–Trinajstić information content (AvgIpc) is 2.23. The van der Waals surface area contributed by atoms with Gasteiger partial charge in [0.15, 0.2) is 9.84 Å². The maximum absolute atomic E-state index is 12.0. The molecule has 7 heteroatoms. The van der Waals surface area contributed by atoms with Crippen LogP contribution in [-0.4, -0.2) is 25.2 Å². The number of carbonyl (C=O) groups is 1. The summed E-state index contributed by atoms with van der Waals surface area (Å²) >= 11 is 11.6. The molecule has 0 unspecified atom stereocenters. The van der Waals surface area contributed by atoms with Crippen molar-refractivity contribution in [2.75, 3.05) is 5.75 Å². The topological polar surface area (TPSA) is 71.4 Å². The van der Waals surface area contributed by atoms with E-state index < -0.39 is 15.8 Å². The van der Waals surface area contributed by atoms with Crippen molar-refractivity contribution >= 4 is 39.0 Å². The van der Waals surface area contributed by atoms with Crippen LogP contribution in [0.25, 0.3) is 0 Å². The molecular weight excluding hydrogens is 299 g/mol. The lowest BCUT2D eigenvalue weighted by molar-refractivity contribution is -0.137. The molecule has 0 atom stereocenters. The van der Waals surface area contributed by atoms with Gasteiger partial charge in [-0.3, -0.25) is 4.79 Å². The predicted molar refractivity (Wildman–Crippen MR) is 70.0 cm³/mol. The highest BCUT2D eigenvalue weighted by molar-refractivity contribution is 7.91. The summed E-state index contributed by atoms with van der Waals surface area (Å²) in [6.45, 7) is 0. The van der Waals surface area contributed by atoms with Gasteiger partial charge < -0.3 is 5.11 Å². The second kappa shape index (κ2) is 6.41. The molecule has 1 aromatic rings. The summed E-state index contributed by atoms with van der Waals surface area (Å²) in [6, 6.07) is 4.48. The number of aliphatic carboxylic acids is 1. The SMILES string of the molecule is O=C(O)CCCCS(=O)(=O)c1c(Cl)cccc1Cl. The van der Waals surface area contributed by atoms with Crippen molar-refractivity contribution in [1.29, 1.82) is 0 Å². The molecule has 0 bridgehead atoms. The zero-order valence-corrected chi connectivity index (χ0v) is 11.7. The van der Waals surface area contributed by atoms with E-state index in [2.05, 4.69) is 0 Å². The van der Waals surface area contributed by atoms with Crippen LogP contribution in [0.4, 0.5) is 0 Å². The molecule has 1 rings (SSSR count). The molecule has 1 aromatic carbocycles. The minimum absolute atomic E-state index is 0.0498. The fourth-order valence-corrected chi connectivity index (χ4v) is 4.07. The highest BCUT2D eigenvalue weighted by Crippen LogP contribution is 2.30. The van der Waals surface area contributed by atoms with E-state index in [1.165, 1.54) is 12.1 Å². The Labute approximate surface area is 115 Å². The van der Waals surface area contributed by atoms with Crippen molar-refractivity contribution in [2.45, 2.75) is 24.2 Å². The van der Waals surface area contributed by atoms with Gasteiger partial charge in [0.25, 0.3) is 0 Å². The summed E-state index contributed by atoms with van der Waals surface area (Å²) in [6.07, 6.45) is 0.512. The first-order valence-corrected chi connectivity index (χ1v) is 7.64.